The van der Waals surface area contributed by atoms with Crippen molar-refractivity contribution < 1.29 is 12.8 Å². The van der Waals surface area contributed by atoms with Crippen molar-refractivity contribution in [2.24, 2.45) is 5.92 Å². The van der Waals surface area contributed by atoms with E-state index in [1.165, 1.54) is 35.3 Å². The number of piperidine rings is 1. The molecule has 0 spiro atoms. The average molecular weight is 459 g/mol. The summed E-state index contributed by atoms with van der Waals surface area (Å²) in [6.07, 6.45) is 2.34. The van der Waals surface area contributed by atoms with E-state index >= 15 is 0 Å². The van der Waals surface area contributed by atoms with Crippen LogP contribution in [-0.4, -0.2) is 67.2 Å². The number of piperazine rings is 1. The highest BCUT2D eigenvalue weighted by molar-refractivity contribution is 7.89. The minimum absolute atomic E-state index is 0.135. The van der Waals surface area contributed by atoms with Gasteiger partial charge in [0.05, 0.1) is 10.4 Å². The molecule has 2 aliphatic rings. The number of hydrogen-bond acceptors (Lipinski definition) is 8. The summed E-state index contributed by atoms with van der Waals surface area (Å²) in [6, 6.07) is 8.37. The molecule has 1 aromatic carbocycles. The summed E-state index contributed by atoms with van der Waals surface area (Å²) in [5, 5.41) is 8.81. The second-order valence-corrected chi connectivity index (χ2v) is 10.4. The van der Waals surface area contributed by atoms with E-state index in [0.29, 0.717) is 37.3 Å². The first-order chi connectivity index (χ1) is 15.4. The highest BCUT2D eigenvalue weighted by Crippen LogP contribution is 2.24. The number of aromatic nitrogens is 3. The van der Waals surface area contributed by atoms with Crippen LogP contribution in [0.3, 0.4) is 0 Å². The number of aromatic amines is 1. The first-order valence-electron chi connectivity index (χ1n) is 10.9. The summed E-state index contributed by atoms with van der Waals surface area (Å²) in [7, 11) is -3.68. The molecule has 1 N–H and O–H groups in total. The molecule has 2 saturated heterocycles. The molecule has 2 aromatic heterocycles. The van der Waals surface area contributed by atoms with E-state index in [-0.39, 0.29) is 4.90 Å². The van der Waals surface area contributed by atoms with Gasteiger partial charge < -0.3 is 14.2 Å². The van der Waals surface area contributed by atoms with Gasteiger partial charge in [-0.05, 0) is 49.1 Å². The van der Waals surface area contributed by atoms with Gasteiger partial charge in [0.15, 0.2) is 17.2 Å². The van der Waals surface area contributed by atoms with Crippen molar-refractivity contribution in [2.75, 3.05) is 49.1 Å². The van der Waals surface area contributed by atoms with Gasteiger partial charge in [-0.2, -0.15) is 4.31 Å². The van der Waals surface area contributed by atoms with Crippen LogP contribution >= 0.6 is 0 Å². The zero-order valence-corrected chi connectivity index (χ0v) is 18.7. The molecular formula is C21H26N6O4S. The van der Waals surface area contributed by atoms with Crippen LogP contribution in [0.5, 0.6) is 0 Å². The Hall–Kier alpha value is -2.92. The van der Waals surface area contributed by atoms with Crippen molar-refractivity contribution in [3.8, 4) is 0 Å². The molecule has 0 radical (unpaired) electrons. The molecule has 3 aromatic rings. The smallest absolute Gasteiger partial charge is 0.408 e. The topological polar surface area (TPSA) is 116 Å². The van der Waals surface area contributed by atoms with E-state index in [2.05, 4.69) is 31.9 Å². The number of hydrogen-bond donors (Lipinski definition) is 1. The summed E-state index contributed by atoms with van der Waals surface area (Å²) in [5.74, 6) is 1.81. The van der Waals surface area contributed by atoms with E-state index in [9.17, 15) is 13.2 Å². The van der Waals surface area contributed by atoms with Crippen LogP contribution in [0, 0.1) is 5.92 Å². The third-order valence-electron chi connectivity index (χ3n) is 6.33. The van der Waals surface area contributed by atoms with E-state index in [1.54, 1.807) is 0 Å². The number of fused-ring (bicyclic) bond motifs is 1. The Morgan fingerprint density at radius 2 is 1.56 bits per heavy atom. The van der Waals surface area contributed by atoms with Gasteiger partial charge in [0, 0.05) is 39.3 Å². The van der Waals surface area contributed by atoms with Crippen molar-refractivity contribution >= 4 is 32.8 Å². The zero-order chi connectivity index (χ0) is 22.3. The van der Waals surface area contributed by atoms with Crippen molar-refractivity contribution in [3.63, 3.8) is 0 Å². The normalized spacial score (nSPS) is 19.0. The highest BCUT2D eigenvalue weighted by atomic mass is 32.2. The highest BCUT2D eigenvalue weighted by Gasteiger charge is 2.29. The first kappa shape index (κ1) is 21.0. The molecule has 10 nitrogen and oxygen atoms in total. The van der Waals surface area contributed by atoms with Gasteiger partial charge in [0.2, 0.25) is 10.0 Å². The van der Waals surface area contributed by atoms with Crippen LogP contribution in [-0.2, 0) is 10.0 Å². The lowest BCUT2D eigenvalue weighted by Crippen LogP contribution is -2.49. The number of H-pyrrole nitrogens is 1. The zero-order valence-electron chi connectivity index (χ0n) is 17.9. The fourth-order valence-corrected chi connectivity index (χ4v) is 5.74. The number of rotatable bonds is 4. The second kappa shape index (κ2) is 8.21. The Morgan fingerprint density at radius 3 is 2.19 bits per heavy atom. The lowest BCUT2D eigenvalue weighted by atomic mass is 9.99. The number of nitrogens with one attached hydrogen (secondary N) is 1. The Balaban J connectivity index is 1.24. The van der Waals surface area contributed by atoms with E-state index in [1.807, 2.05) is 12.1 Å². The Bertz CT molecular complexity index is 1250. The summed E-state index contributed by atoms with van der Waals surface area (Å²) in [6.45, 7) is 6.03. The molecule has 4 heterocycles. The number of benzene rings is 1. The molecule has 0 saturated carbocycles. The Kier molecular flexibility index (Phi) is 5.38. The summed E-state index contributed by atoms with van der Waals surface area (Å²) in [4.78, 5) is 18.3. The SMILES string of the molecule is CC1CCN(c2ccc(N3CCN(S(=O)(=O)c4ccc5oc(=O)[nH]c5c4)CC3)nn2)CC1. The Labute approximate surface area is 185 Å². The summed E-state index contributed by atoms with van der Waals surface area (Å²) >= 11 is 0. The van der Waals surface area contributed by atoms with Crippen LogP contribution < -0.4 is 15.6 Å². The van der Waals surface area contributed by atoms with Crippen molar-refractivity contribution in [1.82, 2.24) is 19.5 Å². The molecule has 32 heavy (non-hydrogen) atoms. The van der Waals surface area contributed by atoms with Gasteiger partial charge in [0.1, 0.15) is 0 Å². The van der Waals surface area contributed by atoms with Crippen LogP contribution in [0.1, 0.15) is 19.8 Å². The number of oxazole rings is 1. The minimum atomic E-state index is -3.68. The lowest BCUT2D eigenvalue weighted by Gasteiger charge is -2.35. The van der Waals surface area contributed by atoms with Gasteiger partial charge >= 0.3 is 5.76 Å². The predicted molar refractivity (Wildman–Crippen MR) is 120 cm³/mol. The third kappa shape index (κ3) is 3.97. The molecule has 0 aliphatic carbocycles. The van der Waals surface area contributed by atoms with Gasteiger partial charge in [-0.3, -0.25) is 4.98 Å². The maximum Gasteiger partial charge on any atom is 0.417 e. The van der Waals surface area contributed by atoms with Crippen LogP contribution in [0.4, 0.5) is 11.6 Å². The average Bonchev–Trinajstić information content (AvgIpc) is 3.19. The van der Waals surface area contributed by atoms with Crippen LogP contribution in [0.15, 0.2) is 44.4 Å². The van der Waals surface area contributed by atoms with Gasteiger partial charge in [0.25, 0.3) is 0 Å². The molecule has 170 valence electrons. The van der Waals surface area contributed by atoms with E-state index in [0.717, 1.165) is 30.6 Å². The van der Waals surface area contributed by atoms with Gasteiger partial charge in [-0.1, -0.05) is 6.92 Å². The number of nitrogens with zero attached hydrogens (tertiary/aromatic N) is 5. The Morgan fingerprint density at radius 1 is 0.938 bits per heavy atom. The molecule has 0 atom stereocenters. The van der Waals surface area contributed by atoms with Gasteiger partial charge in [-0.15, -0.1) is 10.2 Å². The fourth-order valence-electron chi connectivity index (χ4n) is 4.29. The molecule has 5 rings (SSSR count). The largest absolute Gasteiger partial charge is 0.417 e. The maximum absolute atomic E-state index is 13.1. The molecular weight excluding hydrogens is 432 g/mol. The molecule has 11 heteroatoms. The first-order valence-corrected chi connectivity index (χ1v) is 12.3. The number of sulfonamides is 1. The van der Waals surface area contributed by atoms with E-state index in [4.69, 9.17) is 4.42 Å². The van der Waals surface area contributed by atoms with Crippen molar-refractivity contribution in [2.45, 2.75) is 24.7 Å². The lowest BCUT2D eigenvalue weighted by molar-refractivity contribution is 0.383. The minimum Gasteiger partial charge on any atom is -0.408 e. The fraction of sp³-hybridized carbons (Fsp3) is 0.476. The molecule has 0 bridgehead atoms. The maximum atomic E-state index is 13.1. The summed E-state index contributed by atoms with van der Waals surface area (Å²) < 4.78 is 32.6. The quantitative estimate of drug-likeness (QED) is 0.628. The summed E-state index contributed by atoms with van der Waals surface area (Å²) in [5.41, 5.74) is 0.702. The second-order valence-electron chi connectivity index (χ2n) is 8.48. The standard InChI is InChI=1S/C21H26N6O4S/c1-15-6-8-25(9-7-15)19-4-5-20(24-23-19)26-10-12-27(13-11-26)32(29,30)16-2-3-18-17(14-16)22-21(28)31-18/h2-5,14-15H,6-13H2,1H3,(H,22,28). The molecule has 0 unspecified atom stereocenters. The monoisotopic (exact) mass is 458 g/mol. The van der Waals surface area contributed by atoms with Crippen LogP contribution in [0.25, 0.3) is 11.1 Å². The molecule has 0 amide bonds. The van der Waals surface area contributed by atoms with Crippen LogP contribution in [0.2, 0.25) is 0 Å². The predicted octanol–water partition coefficient (Wildman–Crippen LogP) is 1.66. The van der Waals surface area contributed by atoms with Crippen molar-refractivity contribution in [3.05, 3.63) is 40.9 Å². The van der Waals surface area contributed by atoms with Gasteiger partial charge in [-0.25, -0.2) is 13.2 Å². The number of anilines is 2. The van der Waals surface area contributed by atoms with Crippen molar-refractivity contribution in [1.29, 1.82) is 0 Å². The third-order valence-corrected chi connectivity index (χ3v) is 8.23. The molecule has 2 aliphatic heterocycles. The molecule has 2 fully saturated rings. The van der Waals surface area contributed by atoms with E-state index < -0.39 is 15.8 Å².